The summed E-state index contributed by atoms with van der Waals surface area (Å²) >= 11 is 0. The summed E-state index contributed by atoms with van der Waals surface area (Å²) in [4.78, 5) is 26.1. The zero-order valence-electron chi connectivity index (χ0n) is 16.5. The standard InChI is InChI=1S/C21H26F4N2O2/c1-4-10-27(13(2)28)19(20(29)26-12-14-8-6-5-7-9-14)21(3)17(24)15(22)11-16(23)18(21)25/h4-9,15-19H,1,10-12H2,2-3H3,(H,26,29)/t15-,16+,17-,18+,19-,21?/m1/s1. The SMILES string of the molecule is C=CCN(C(C)=O)[C@H](C(=O)NCc1ccccc1)C1(C)[C@H](F)[C@H](F)C[C@H](F)[C@@H]1F. The molecule has 4 nitrogen and oxygen atoms in total. The Hall–Kier alpha value is -2.38. The summed E-state index contributed by atoms with van der Waals surface area (Å²) in [7, 11) is 0. The number of nitrogens with one attached hydrogen (secondary N) is 1. The first-order chi connectivity index (χ1) is 13.6. The molecule has 0 saturated heterocycles. The Kier molecular flexibility index (Phi) is 7.43. The summed E-state index contributed by atoms with van der Waals surface area (Å²) in [6.07, 6.45) is -9.16. The Labute approximate surface area is 168 Å². The molecule has 29 heavy (non-hydrogen) atoms. The Morgan fingerprint density at radius 1 is 1.21 bits per heavy atom. The van der Waals surface area contributed by atoms with Crippen LogP contribution in [0.25, 0.3) is 0 Å². The number of carbonyl (C=O) groups excluding carboxylic acids is 2. The third-order valence-corrected chi connectivity index (χ3v) is 5.46. The largest absolute Gasteiger partial charge is 0.350 e. The molecule has 1 fully saturated rings. The second kappa shape index (κ2) is 9.41. The number of amides is 2. The van der Waals surface area contributed by atoms with E-state index in [9.17, 15) is 27.2 Å². The molecular weight excluding hydrogens is 388 g/mol. The maximum atomic E-state index is 15.0. The number of halogens is 4. The van der Waals surface area contributed by atoms with Crippen molar-refractivity contribution in [2.24, 2.45) is 5.41 Å². The molecule has 1 aliphatic rings. The lowest BCUT2D eigenvalue weighted by molar-refractivity contribution is -0.163. The summed E-state index contributed by atoms with van der Waals surface area (Å²) < 4.78 is 58.3. The summed E-state index contributed by atoms with van der Waals surface area (Å²) in [5.74, 6) is -1.55. The highest BCUT2D eigenvalue weighted by Gasteiger charge is 2.62. The summed E-state index contributed by atoms with van der Waals surface area (Å²) in [6, 6.07) is 6.98. The van der Waals surface area contributed by atoms with Crippen molar-refractivity contribution in [1.29, 1.82) is 0 Å². The molecule has 2 rings (SSSR count). The van der Waals surface area contributed by atoms with Gasteiger partial charge in [0.1, 0.15) is 30.7 Å². The van der Waals surface area contributed by atoms with Gasteiger partial charge in [-0.15, -0.1) is 6.58 Å². The van der Waals surface area contributed by atoms with Crippen molar-refractivity contribution in [3.8, 4) is 0 Å². The minimum atomic E-state index is -2.47. The molecule has 1 N–H and O–H groups in total. The number of nitrogens with zero attached hydrogens (tertiary/aromatic N) is 1. The Morgan fingerprint density at radius 2 is 1.76 bits per heavy atom. The third kappa shape index (κ3) is 4.62. The van der Waals surface area contributed by atoms with Gasteiger partial charge in [0.15, 0.2) is 0 Å². The quantitative estimate of drug-likeness (QED) is 0.549. The van der Waals surface area contributed by atoms with Crippen LogP contribution in [0.2, 0.25) is 0 Å². The molecule has 160 valence electrons. The minimum absolute atomic E-state index is 0.0259. The third-order valence-electron chi connectivity index (χ3n) is 5.46. The summed E-state index contributed by atoms with van der Waals surface area (Å²) in [6.45, 7) is 5.41. The average molecular weight is 414 g/mol. The van der Waals surface area contributed by atoms with Crippen LogP contribution in [0.1, 0.15) is 25.8 Å². The van der Waals surface area contributed by atoms with Gasteiger partial charge in [0, 0.05) is 26.4 Å². The van der Waals surface area contributed by atoms with E-state index in [4.69, 9.17) is 0 Å². The Balaban J connectivity index is 2.43. The lowest BCUT2D eigenvalue weighted by Gasteiger charge is -2.49. The molecule has 0 bridgehead atoms. The van der Waals surface area contributed by atoms with Crippen LogP contribution in [0.3, 0.4) is 0 Å². The Morgan fingerprint density at radius 3 is 2.24 bits per heavy atom. The van der Waals surface area contributed by atoms with Gasteiger partial charge in [-0.2, -0.15) is 0 Å². The first kappa shape index (κ1) is 22.9. The van der Waals surface area contributed by atoms with Crippen LogP contribution in [0, 0.1) is 5.41 Å². The van der Waals surface area contributed by atoms with E-state index >= 15 is 0 Å². The van der Waals surface area contributed by atoms with E-state index in [-0.39, 0.29) is 13.1 Å². The molecular formula is C21H26F4N2O2. The lowest BCUT2D eigenvalue weighted by Crippen LogP contribution is -2.67. The van der Waals surface area contributed by atoms with E-state index < -0.39 is 54.4 Å². The van der Waals surface area contributed by atoms with Crippen LogP contribution in [0.5, 0.6) is 0 Å². The van der Waals surface area contributed by atoms with Gasteiger partial charge in [0.2, 0.25) is 11.8 Å². The molecule has 0 aliphatic heterocycles. The highest BCUT2D eigenvalue weighted by molar-refractivity contribution is 5.88. The van der Waals surface area contributed by atoms with E-state index in [1.165, 1.54) is 6.08 Å². The second-order valence-corrected chi connectivity index (χ2v) is 7.50. The van der Waals surface area contributed by atoms with Crippen molar-refractivity contribution in [3.05, 3.63) is 48.6 Å². The normalized spacial score (nSPS) is 30.3. The van der Waals surface area contributed by atoms with Gasteiger partial charge >= 0.3 is 0 Å². The molecule has 0 aromatic heterocycles. The zero-order valence-corrected chi connectivity index (χ0v) is 16.5. The number of carbonyl (C=O) groups is 2. The van der Waals surface area contributed by atoms with E-state index in [2.05, 4.69) is 11.9 Å². The highest BCUT2D eigenvalue weighted by Crippen LogP contribution is 2.47. The van der Waals surface area contributed by atoms with Crippen LogP contribution in [0.15, 0.2) is 43.0 Å². The van der Waals surface area contributed by atoms with Crippen molar-refractivity contribution in [2.75, 3.05) is 6.54 Å². The molecule has 1 saturated carbocycles. The predicted octanol–water partition coefficient (Wildman–Crippen LogP) is 3.47. The van der Waals surface area contributed by atoms with Crippen LogP contribution >= 0.6 is 0 Å². The first-order valence-electron chi connectivity index (χ1n) is 9.40. The van der Waals surface area contributed by atoms with Gasteiger partial charge in [0.05, 0.1) is 5.41 Å². The van der Waals surface area contributed by atoms with Crippen LogP contribution in [0.4, 0.5) is 17.6 Å². The maximum Gasteiger partial charge on any atom is 0.243 e. The molecule has 0 heterocycles. The van der Waals surface area contributed by atoms with Gasteiger partial charge in [-0.25, -0.2) is 17.6 Å². The number of hydrogen-bond acceptors (Lipinski definition) is 2. The molecule has 2 amide bonds. The molecule has 1 aliphatic carbocycles. The van der Waals surface area contributed by atoms with Gasteiger partial charge in [-0.1, -0.05) is 43.3 Å². The first-order valence-corrected chi connectivity index (χ1v) is 9.40. The zero-order chi connectivity index (χ0) is 21.8. The fraction of sp³-hybridized carbons (Fsp3) is 0.524. The van der Waals surface area contributed by atoms with Crippen LogP contribution in [-0.2, 0) is 16.1 Å². The van der Waals surface area contributed by atoms with Gasteiger partial charge in [-0.05, 0) is 5.56 Å². The van der Waals surface area contributed by atoms with Gasteiger partial charge < -0.3 is 10.2 Å². The summed E-state index contributed by atoms with van der Waals surface area (Å²) in [5, 5.41) is 2.54. The van der Waals surface area contributed by atoms with Crippen molar-refractivity contribution >= 4 is 11.8 Å². The molecule has 0 spiro atoms. The Bertz CT molecular complexity index is 717. The van der Waals surface area contributed by atoms with E-state index in [0.717, 1.165) is 18.7 Å². The smallest absolute Gasteiger partial charge is 0.243 e. The molecule has 6 atom stereocenters. The molecule has 8 heteroatoms. The molecule has 1 unspecified atom stereocenters. The van der Waals surface area contributed by atoms with E-state index in [1.54, 1.807) is 30.3 Å². The van der Waals surface area contributed by atoms with Crippen molar-refractivity contribution in [1.82, 2.24) is 10.2 Å². The van der Waals surface area contributed by atoms with Crippen molar-refractivity contribution in [2.45, 2.75) is 57.5 Å². The van der Waals surface area contributed by atoms with Crippen molar-refractivity contribution < 1.29 is 27.2 Å². The summed E-state index contributed by atoms with van der Waals surface area (Å²) in [5.41, 5.74) is -1.70. The number of rotatable bonds is 7. The number of benzene rings is 1. The number of alkyl halides is 4. The second-order valence-electron chi connectivity index (χ2n) is 7.50. The fourth-order valence-corrected chi connectivity index (χ4v) is 3.88. The lowest BCUT2D eigenvalue weighted by atomic mass is 9.65. The highest BCUT2D eigenvalue weighted by atomic mass is 19.2. The van der Waals surface area contributed by atoms with Gasteiger partial charge in [0.25, 0.3) is 0 Å². The van der Waals surface area contributed by atoms with Crippen LogP contribution in [-0.4, -0.2) is 54.0 Å². The van der Waals surface area contributed by atoms with Crippen LogP contribution < -0.4 is 5.32 Å². The number of hydrogen-bond donors (Lipinski definition) is 1. The topological polar surface area (TPSA) is 49.4 Å². The van der Waals surface area contributed by atoms with E-state index in [0.29, 0.717) is 5.56 Å². The predicted molar refractivity (Wildman–Crippen MR) is 102 cm³/mol. The molecule has 1 aromatic carbocycles. The molecule has 1 aromatic rings. The monoisotopic (exact) mass is 414 g/mol. The molecule has 0 radical (unpaired) electrons. The maximum absolute atomic E-state index is 15.0. The van der Waals surface area contributed by atoms with Gasteiger partial charge in [-0.3, -0.25) is 9.59 Å². The average Bonchev–Trinajstić information content (AvgIpc) is 2.69. The fourth-order valence-electron chi connectivity index (χ4n) is 3.88. The minimum Gasteiger partial charge on any atom is -0.350 e. The van der Waals surface area contributed by atoms with E-state index in [1.807, 2.05) is 0 Å². The van der Waals surface area contributed by atoms with Crippen molar-refractivity contribution in [3.63, 3.8) is 0 Å².